The van der Waals surface area contributed by atoms with Crippen molar-refractivity contribution in [2.24, 2.45) is 4.99 Å². The average molecular weight is 334 g/mol. The van der Waals surface area contributed by atoms with Crippen molar-refractivity contribution in [1.82, 2.24) is 5.16 Å². The molecule has 0 bridgehead atoms. The van der Waals surface area contributed by atoms with Crippen LogP contribution in [0.25, 0.3) is 0 Å². The SMILES string of the molecule is Cc1ccc(C2=Nc3c(C)noc3C[C@@H](c3ccc(F)cc3)C2)cc1. The molecule has 0 aliphatic carbocycles. The fourth-order valence-electron chi connectivity index (χ4n) is 3.30. The zero-order chi connectivity index (χ0) is 17.4. The summed E-state index contributed by atoms with van der Waals surface area (Å²) in [5.74, 6) is 0.754. The highest BCUT2D eigenvalue weighted by molar-refractivity contribution is 6.03. The number of fused-ring (bicyclic) bond motifs is 1. The number of hydrogen-bond acceptors (Lipinski definition) is 3. The number of benzene rings is 2. The smallest absolute Gasteiger partial charge is 0.163 e. The first kappa shape index (κ1) is 15.8. The molecule has 2 heterocycles. The Morgan fingerprint density at radius 1 is 0.960 bits per heavy atom. The van der Waals surface area contributed by atoms with Crippen LogP contribution in [0.4, 0.5) is 10.1 Å². The normalized spacial score (nSPS) is 16.9. The van der Waals surface area contributed by atoms with Gasteiger partial charge in [-0.05, 0) is 49.4 Å². The van der Waals surface area contributed by atoms with Crippen LogP contribution in [0, 0.1) is 19.7 Å². The quantitative estimate of drug-likeness (QED) is 0.639. The molecule has 0 N–H and O–H groups in total. The van der Waals surface area contributed by atoms with Gasteiger partial charge < -0.3 is 4.52 Å². The van der Waals surface area contributed by atoms with Crippen LogP contribution in [0.1, 0.15) is 40.5 Å². The van der Waals surface area contributed by atoms with Crippen molar-refractivity contribution in [1.29, 1.82) is 0 Å². The van der Waals surface area contributed by atoms with Gasteiger partial charge in [-0.25, -0.2) is 9.38 Å². The Kier molecular flexibility index (Phi) is 3.96. The molecule has 4 rings (SSSR count). The molecule has 0 saturated heterocycles. The number of aromatic nitrogens is 1. The van der Waals surface area contributed by atoms with Gasteiger partial charge in [-0.3, -0.25) is 0 Å². The summed E-state index contributed by atoms with van der Waals surface area (Å²) in [5, 5.41) is 4.08. The Hall–Kier alpha value is -2.75. The van der Waals surface area contributed by atoms with Gasteiger partial charge in [0.05, 0.1) is 0 Å². The minimum Gasteiger partial charge on any atom is -0.359 e. The first-order valence-corrected chi connectivity index (χ1v) is 8.45. The first-order chi connectivity index (χ1) is 12.1. The van der Waals surface area contributed by atoms with Gasteiger partial charge in [0.2, 0.25) is 0 Å². The second kappa shape index (κ2) is 6.28. The standard InChI is InChI=1S/C21H19FN2O/c1-13-3-5-16(6-4-13)19-11-17(15-7-9-18(22)10-8-15)12-20-21(23-19)14(2)24-25-20/h3-10,17H,11-12H2,1-2H3/t17-/m0/s1. The van der Waals surface area contributed by atoms with Gasteiger partial charge in [-0.15, -0.1) is 0 Å². The molecular formula is C21H19FN2O. The van der Waals surface area contributed by atoms with E-state index in [4.69, 9.17) is 9.52 Å². The van der Waals surface area contributed by atoms with E-state index in [-0.39, 0.29) is 11.7 Å². The molecule has 1 aliphatic rings. The molecule has 0 spiro atoms. The zero-order valence-electron chi connectivity index (χ0n) is 14.3. The molecule has 0 radical (unpaired) electrons. The first-order valence-electron chi connectivity index (χ1n) is 8.45. The van der Waals surface area contributed by atoms with Gasteiger partial charge in [0.15, 0.2) is 5.76 Å². The van der Waals surface area contributed by atoms with E-state index in [9.17, 15) is 4.39 Å². The van der Waals surface area contributed by atoms with E-state index >= 15 is 0 Å². The summed E-state index contributed by atoms with van der Waals surface area (Å²) in [6.07, 6.45) is 1.49. The zero-order valence-corrected chi connectivity index (χ0v) is 14.3. The van der Waals surface area contributed by atoms with E-state index in [1.54, 1.807) is 0 Å². The number of aliphatic imine (C=N–C) groups is 1. The van der Waals surface area contributed by atoms with Crippen LogP contribution in [0.3, 0.4) is 0 Å². The Bertz CT molecular complexity index is 924. The number of aryl methyl sites for hydroxylation is 2. The molecule has 25 heavy (non-hydrogen) atoms. The van der Waals surface area contributed by atoms with Crippen LogP contribution in [-0.2, 0) is 6.42 Å². The Labute approximate surface area is 146 Å². The lowest BCUT2D eigenvalue weighted by molar-refractivity contribution is 0.373. The minimum absolute atomic E-state index is 0.175. The molecule has 2 aromatic carbocycles. The van der Waals surface area contributed by atoms with Crippen LogP contribution >= 0.6 is 0 Å². The predicted octanol–water partition coefficient (Wildman–Crippen LogP) is 5.28. The molecule has 4 heteroatoms. The minimum atomic E-state index is -0.221. The molecule has 0 saturated carbocycles. The number of nitrogens with zero attached hydrogens (tertiary/aromatic N) is 2. The maximum Gasteiger partial charge on any atom is 0.163 e. The fraction of sp³-hybridized carbons (Fsp3) is 0.238. The molecular weight excluding hydrogens is 315 g/mol. The maximum absolute atomic E-state index is 13.3. The molecule has 0 fully saturated rings. The Balaban J connectivity index is 1.79. The van der Waals surface area contributed by atoms with Crippen LogP contribution in [0.5, 0.6) is 0 Å². The van der Waals surface area contributed by atoms with Crippen LogP contribution in [0.2, 0.25) is 0 Å². The molecule has 126 valence electrons. The lowest BCUT2D eigenvalue weighted by Gasteiger charge is -2.16. The van der Waals surface area contributed by atoms with Gasteiger partial charge in [0.25, 0.3) is 0 Å². The summed E-state index contributed by atoms with van der Waals surface area (Å²) < 4.78 is 18.8. The van der Waals surface area contributed by atoms with Gasteiger partial charge >= 0.3 is 0 Å². The lowest BCUT2D eigenvalue weighted by atomic mass is 9.88. The fourth-order valence-corrected chi connectivity index (χ4v) is 3.30. The maximum atomic E-state index is 13.3. The second-order valence-electron chi connectivity index (χ2n) is 6.62. The van der Waals surface area contributed by atoms with E-state index in [2.05, 4.69) is 36.3 Å². The van der Waals surface area contributed by atoms with Crippen molar-refractivity contribution < 1.29 is 8.91 Å². The van der Waals surface area contributed by atoms with Crippen LogP contribution in [0.15, 0.2) is 58.0 Å². The number of hydrogen-bond donors (Lipinski definition) is 0. The van der Waals surface area contributed by atoms with Gasteiger partial charge in [0.1, 0.15) is 17.2 Å². The summed E-state index contributed by atoms with van der Waals surface area (Å²) in [6, 6.07) is 15.1. The van der Waals surface area contributed by atoms with E-state index in [0.29, 0.717) is 6.42 Å². The van der Waals surface area contributed by atoms with Gasteiger partial charge in [-0.1, -0.05) is 47.1 Å². The molecule has 3 nitrogen and oxygen atoms in total. The molecule has 3 aromatic rings. The van der Waals surface area contributed by atoms with Gasteiger partial charge in [-0.2, -0.15) is 0 Å². The van der Waals surface area contributed by atoms with Crippen LogP contribution in [-0.4, -0.2) is 10.9 Å². The van der Waals surface area contributed by atoms with E-state index in [0.717, 1.165) is 40.4 Å². The molecule has 1 atom stereocenters. The van der Waals surface area contributed by atoms with E-state index in [1.165, 1.54) is 17.7 Å². The van der Waals surface area contributed by atoms with Crippen molar-refractivity contribution in [3.8, 4) is 0 Å². The number of rotatable bonds is 2. The van der Waals surface area contributed by atoms with Crippen molar-refractivity contribution in [3.63, 3.8) is 0 Å². The molecule has 0 amide bonds. The van der Waals surface area contributed by atoms with Gasteiger partial charge in [0, 0.05) is 12.1 Å². The number of halogens is 1. The topological polar surface area (TPSA) is 38.4 Å². The molecule has 1 aromatic heterocycles. The highest BCUT2D eigenvalue weighted by Crippen LogP contribution is 2.36. The third-order valence-corrected chi connectivity index (χ3v) is 4.74. The molecule has 1 aliphatic heterocycles. The summed E-state index contributed by atoms with van der Waals surface area (Å²) in [7, 11) is 0. The lowest BCUT2D eigenvalue weighted by Crippen LogP contribution is -2.09. The largest absolute Gasteiger partial charge is 0.359 e. The summed E-state index contributed by atoms with van der Waals surface area (Å²) in [6.45, 7) is 3.99. The highest BCUT2D eigenvalue weighted by atomic mass is 19.1. The monoisotopic (exact) mass is 334 g/mol. The highest BCUT2D eigenvalue weighted by Gasteiger charge is 2.26. The van der Waals surface area contributed by atoms with Crippen molar-refractivity contribution >= 4 is 11.4 Å². The Morgan fingerprint density at radius 3 is 2.40 bits per heavy atom. The average Bonchev–Trinajstić information content (AvgIpc) is 2.84. The summed E-state index contributed by atoms with van der Waals surface area (Å²) in [4.78, 5) is 4.88. The summed E-state index contributed by atoms with van der Waals surface area (Å²) in [5.41, 5.74) is 6.06. The summed E-state index contributed by atoms with van der Waals surface area (Å²) >= 11 is 0. The van der Waals surface area contributed by atoms with Crippen molar-refractivity contribution in [2.45, 2.75) is 32.6 Å². The predicted molar refractivity (Wildman–Crippen MR) is 96.1 cm³/mol. The Morgan fingerprint density at radius 2 is 1.68 bits per heavy atom. The van der Waals surface area contributed by atoms with E-state index < -0.39 is 0 Å². The third-order valence-electron chi connectivity index (χ3n) is 4.74. The second-order valence-corrected chi connectivity index (χ2v) is 6.62. The van der Waals surface area contributed by atoms with Crippen molar-refractivity contribution in [2.75, 3.05) is 0 Å². The van der Waals surface area contributed by atoms with Crippen molar-refractivity contribution in [3.05, 3.63) is 82.5 Å². The van der Waals surface area contributed by atoms with Crippen LogP contribution < -0.4 is 0 Å². The third kappa shape index (κ3) is 3.12. The van der Waals surface area contributed by atoms with E-state index in [1.807, 2.05) is 19.1 Å². The molecule has 0 unspecified atom stereocenters.